The number of hydrogen-bond acceptors (Lipinski definition) is 5. The van der Waals surface area contributed by atoms with Crippen LogP contribution in [0.15, 0.2) is 88.6 Å². The van der Waals surface area contributed by atoms with Gasteiger partial charge in [-0.05, 0) is 66.2 Å². The number of aryl methyl sites for hydroxylation is 1. The number of nitrogens with zero attached hydrogens (tertiary/aromatic N) is 4. The zero-order chi connectivity index (χ0) is 22.8. The summed E-state index contributed by atoms with van der Waals surface area (Å²) in [6.45, 7) is 2.36. The zero-order valence-corrected chi connectivity index (χ0v) is 18.7. The van der Waals surface area contributed by atoms with Gasteiger partial charge >= 0.3 is 0 Å². The number of aromatic nitrogens is 1. The van der Waals surface area contributed by atoms with Gasteiger partial charge in [-0.25, -0.2) is 0 Å². The van der Waals surface area contributed by atoms with Crippen molar-refractivity contribution >= 4 is 39.8 Å². The highest BCUT2D eigenvalue weighted by atomic mass is 32.2. The summed E-state index contributed by atoms with van der Waals surface area (Å²) in [7, 11) is 0. The van der Waals surface area contributed by atoms with Crippen molar-refractivity contribution in [3.8, 4) is 11.4 Å². The molecule has 5 rings (SSSR count). The summed E-state index contributed by atoms with van der Waals surface area (Å²) in [5.41, 5.74) is 3.22. The fourth-order valence-electron chi connectivity index (χ4n) is 3.54. The third-order valence-electron chi connectivity index (χ3n) is 5.30. The highest BCUT2D eigenvalue weighted by molar-refractivity contribution is 8.27. The Bertz CT molecular complexity index is 1310. The third kappa shape index (κ3) is 4.25. The van der Waals surface area contributed by atoms with E-state index in [1.165, 1.54) is 22.3 Å². The maximum atomic E-state index is 12.8. The number of amidine groups is 2. The third-order valence-corrected chi connectivity index (χ3v) is 6.18. The molecule has 0 spiro atoms. The molecule has 0 bridgehead atoms. The second-order valence-electron chi connectivity index (χ2n) is 7.44. The summed E-state index contributed by atoms with van der Waals surface area (Å²) in [6, 6.07) is 21.5. The van der Waals surface area contributed by atoms with Crippen LogP contribution in [0.25, 0.3) is 11.8 Å². The molecule has 0 saturated carbocycles. The minimum absolute atomic E-state index is 0.00120. The number of benzene rings is 2. The number of para-hydroxylation sites is 1. The van der Waals surface area contributed by atoms with Crippen molar-refractivity contribution < 1.29 is 9.53 Å². The molecule has 1 amide bonds. The van der Waals surface area contributed by atoms with Crippen molar-refractivity contribution in [3.05, 3.63) is 89.8 Å². The molecule has 0 saturated heterocycles. The Morgan fingerprint density at radius 3 is 2.61 bits per heavy atom. The van der Waals surface area contributed by atoms with Crippen molar-refractivity contribution in [2.45, 2.75) is 13.3 Å². The molecule has 0 atom stereocenters. The normalized spacial score (nSPS) is 16.6. The quantitative estimate of drug-likeness (QED) is 0.545. The molecule has 1 aromatic heterocycles. The first-order valence-corrected chi connectivity index (χ1v) is 11.4. The summed E-state index contributed by atoms with van der Waals surface area (Å²) in [4.78, 5) is 16.9. The van der Waals surface area contributed by atoms with Gasteiger partial charge < -0.3 is 9.30 Å². The molecule has 0 unspecified atom stereocenters. The average Bonchev–Trinajstić information content (AvgIpc) is 3.48. The van der Waals surface area contributed by atoms with Crippen molar-refractivity contribution in [3.63, 3.8) is 0 Å². The molecule has 0 radical (unpaired) electrons. The van der Waals surface area contributed by atoms with Crippen LogP contribution in [0, 0.1) is 5.41 Å². The predicted molar refractivity (Wildman–Crippen MR) is 132 cm³/mol. The van der Waals surface area contributed by atoms with E-state index in [2.05, 4.69) is 29.2 Å². The van der Waals surface area contributed by atoms with E-state index in [0.717, 1.165) is 23.6 Å². The summed E-state index contributed by atoms with van der Waals surface area (Å²) in [5, 5.41) is 15.5. The number of fused-ring (bicyclic) bond motifs is 1. The smallest absolute Gasteiger partial charge is 0.283 e. The fraction of sp³-hybridized carbons (Fsp3) is 0.120. The van der Waals surface area contributed by atoms with E-state index < -0.39 is 5.91 Å². The first-order chi connectivity index (χ1) is 16.1. The van der Waals surface area contributed by atoms with Gasteiger partial charge in [0, 0.05) is 17.6 Å². The maximum Gasteiger partial charge on any atom is 0.283 e. The topological polar surface area (TPSA) is 83.0 Å². The number of aliphatic imine (C=N–C) groups is 1. The van der Waals surface area contributed by atoms with E-state index in [-0.39, 0.29) is 18.0 Å². The van der Waals surface area contributed by atoms with Gasteiger partial charge in [-0.3, -0.25) is 10.2 Å². The Labute approximate surface area is 195 Å². The van der Waals surface area contributed by atoms with Crippen LogP contribution in [-0.4, -0.2) is 38.1 Å². The molecule has 1 N–H and O–H groups in total. The first-order valence-electron chi connectivity index (χ1n) is 10.6. The molecule has 7 nitrogen and oxygen atoms in total. The van der Waals surface area contributed by atoms with Crippen molar-refractivity contribution in [2.24, 2.45) is 10.1 Å². The van der Waals surface area contributed by atoms with E-state index in [0.29, 0.717) is 10.2 Å². The predicted octanol–water partition coefficient (Wildman–Crippen LogP) is 4.74. The van der Waals surface area contributed by atoms with Crippen LogP contribution < -0.4 is 4.74 Å². The largest absolute Gasteiger partial charge is 0.487 e. The number of ether oxygens (including phenoxy) is 1. The SMILES string of the molecule is CCc1ccc(-n2cccc2/C=C2\C(=N)N3N=C(COc4ccccc4)SC3=NC2=O)cc1. The lowest BCUT2D eigenvalue weighted by molar-refractivity contribution is -0.114. The number of carbonyl (C=O) groups is 1. The Hall–Kier alpha value is -3.91. The molecule has 2 aliphatic heterocycles. The van der Waals surface area contributed by atoms with Crippen molar-refractivity contribution in [1.82, 2.24) is 9.58 Å². The van der Waals surface area contributed by atoms with Gasteiger partial charge in [0.15, 0.2) is 5.84 Å². The van der Waals surface area contributed by atoms with Gasteiger partial charge in [-0.1, -0.05) is 37.3 Å². The number of hydrogen-bond donors (Lipinski definition) is 1. The van der Waals surface area contributed by atoms with Crippen LogP contribution >= 0.6 is 11.8 Å². The zero-order valence-electron chi connectivity index (χ0n) is 17.9. The fourth-order valence-corrected chi connectivity index (χ4v) is 4.34. The highest BCUT2D eigenvalue weighted by Gasteiger charge is 2.36. The lowest BCUT2D eigenvalue weighted by Gasteiger charge is -2.20. The van der Waals surface area contributed by atoms with Crippen molar-refractivity contribution in [1.29, 1.82) is 5.41 Å². The lowest BCUT2D eigenvalue weighted by atomic mass is 10.1. The summed E-state index contributed by atoms with van der Waals surface area (Å²) < 4.78 is 7.72. The number of carbonyl (C=O) groups excluding carboxylic acids is 1. The number of hydrazone groups is 1. The van der Waals surface area contributed by atoms with Crippen LogP contribution in [0.1, 0.15) is 18.2 Å². The molecule has 0 aliphatic carbocycles. The molecule has 2 aromatic carbocycles. The molecule has 0 fully saturated rings. The Morgan fingerprint density at radius 2 is 1.85 bits per heavy atom. The standard InChI is InChI=1S/C25H21N5O2S/c1-2-17-10-12-18(13-11-17)29-14-6-7-19(29)15-21-23(26)30-25(27-24(21)31)33-22(28-30)16-32-20-8-4-3-5-9-20/h3-15,26H,2,16H2,1H3/b21-15+,26-23?. The number of amides is 1. The second kappa shape index (κ2) is 8.91. The Balaban J connectivity index is 1.38. The van der Waals surface area contributed by atoms with E-state index in [9.17, 15) is 4.79 Å². The minimum atomic E-state index is -0.451. The number of nitrogens with one attached hydrogen (secondary N) is 1. The van der Waals surface area contributed by atoms with Gasteiger partial charge in [0.2, 0.25) is 5.17 Å². The van der Waals surface area contributed by atoms with E-state index in [4.69, 9.17) is 10.1 Å². The molecule has 33 heavy (non-hydrogen) atoms. The maximum absolute atomic E-state index is 12.8. The van der Waals surface area contributed by atoms with Gasteiger partial charge in [0.25, 0.3) is 5.91 Å². The van der Waals surface area contributed by atoms with E-state index >= 15 is 0 Å². The molecule has 2 aliphatic rings. The Kier molecular flexibility index (Phi) is 5.66. The molecule has 164 valence electrons. The van der Waals surface area contributed by atoms with Gasteiger partial charge in [-0.15, -0.1) is 0 Å². The molecular weight excluding hydrogens is 434 g/mol. The van der Waals surface area contributed by atoms with Crippen LogP contribution in [0.2, 0.25) is 0 Å². The second-order valence-corrected chi connectivity index (χ2v) is 8.48. The van der Waals surface area contributed by atoms with Crippen LogP contribution in [0.5, 0.6) is 5.75 Å². The van der Waals surface area contributed by atoms with Crippen LogP contribution in [-0.2, 0) is 11.2 Å². The molecule has 3 heterocycles. The molecule has 8 heteroatoms. The molecular formula is C25H21N5O2S. The Morgan fingerprint density at radius 1 is 1.06 bits per heavy atom. The van der Waals surface area contributed by atoms with E-state index in [1.54, 1.807) is 6.08 Å². The first kappa shape index (κ1) is 21.0. The number of rotatable bonds is 6. The average molecular weight is 456 g/mol. The van der Waals surface area contributed by atoms with Crippen LogP contribution in [0.4, 0.5) is 0 Å². The lowest BCUT2D eigenvalue weighted by Crippen LogP contribution is -2.35. The van der Waals surface area contributed by atoms with Gasteiger partial charge in [0.1, 0.15) is 17.4 Å². The van der Waals surface area contributed by atoms with Gasteiger partial charge in [-0.2, -0.15) is 15.1 Å². The van der Waals surface area contributed by atoms with Gasteiger partial charge in [0.05, 0.1) is 5.57 Å². The minimum Gasteiger partial charge on any atom is -0.487 e. The molecule has 3 aromatic rings. The van der Waals surface area contributed by atoms with Crippen LogP contribution in [0.3, 0.4) is 0 Å². The van der Waals surface area contributed by atoms with E-state index in [1.807, 2.05) is 65.4 Å². The monoisotopic (exact) mass is 455 g/mol. The summed E-state index contributed by atoms with van der Waals surface area (Å²) in [5.74, 6) is 0.279. The number of thioether (sulfide) groups is 1. The van der Waals surface area contributed by atoms with Crippen molar-refractivity contribution in [2.75, 3.05) is 6.61 Å². The summed E-state index contributed by atoms with van der Waals surface area (Å²) in [6.07, 6.45) is 4.60. The summed E-state index contributed by atoms with van der Waals surface area (Å²) >= 11 is 1.24. The highest BCUT2D eigenvalue weighted by Crippen LogP contribution is 2.29.